The number of ether oxygens (including phenoxy) is 1. The monoisotopic (exact) mass is 405 g/mol. The highest BCUT2D eigenvalue weighted by molar-refractivity contribution is 6.34. The molecule has 148 valence electrons. The molecule has 2 rings (SSSR count). The van der Waals surface area contributed by atoms with Gasteiger partial charge in [-0.25, -0.2) is 4.98 Å². The number of pyridine rings is 1. The lowest BCUT2D eigenvalue weighted by atomic mass is 10.2. The molecule has 2 amide bonds. The fourth-order valence-electron chi connectivity index (χ4n) is 2.14. The van der Waals surface area contributed by atoms with Crippen LogP contribution in [0.3, 0.4) is 0 Å². The molecule has 0 bridgehead atoms. The summed E-state index contributed by atoms with van der Waals surface area (Å²) in [4.78, 5) is 38.5. The standard InChI is InChI=1S/C19H20ClN3O5/c1-2-3-8-28-14-6-4-13(5-7-14)23-18(26)12-9-15(20)17(21-10-12)19(27)22-11-16(24)25/h4-7,9-10H,2-3,8,11H2,1H3,(H,22,27)(H,23,26)(H,24,25). The van der Waals surface area contributed by atoms with Crippen LogP contribution in [0.4, 0.5) is 5.69 Å². The van der Waals surface area contributed by atoms with Crippen LogP contribution in [0.15, 0.2) is 36.5 Å². The Morgan fingerprint density at radius 1 is 1.18 bits per heavy atom. The highest BCUT2D eigenvalue weighted by Gasteiger charge is 2.16. The lowest BCUT2D eigenvalue weighted by Gasteiger charge is -2.09. The number of aliphatic carboxylic acids is 1. The zero-order valence-electron chi connectivity index (χ0n) is 15.2. The summed E-state index contributed by atoms with van der Waals surface area (Å²) in [5.41, 5.74) is 0.559. The molecule has 0 aliphatic rings. The molecule has 0 aliphatic heterocycles. The van der Waals surface area contributed by atoms with Gasteiger partial charge in [0.25, 0.3) is 11.8 Å². The first kappa shape index (κ1) is 21.2. The number of benzene rings is 1. The normalized spacial score (nSPS) is 10.2. The number of hydrogen-bond acceptors (Lipinski definition) is 5. The molecule has 9 heteroatoms. The number of nitrogens with one attached hydrogen (secondary N) is 2. The molecule has 0 fully saturated rings. The fraction of sp³-hybridized carbons (Fsp3) is 0.263. The number of carboxylic acid groups (broad SMARTS) is 1. The highest BCUT2D eigenvalue weighted by atomic mass is 35.5. The molecular weight excluding hydrogens is 386 g/mol. The van der Waals surface area contributed by atoms with Gasteiger partial charge in [-0.1, -0.05) is 24.9 Å². The molecule has 1 heterocycles. The summed E-state index contributed by atoms with van der Waals surface area (Å²) in [6.45, 7) is 2.16. The first-order valence-electron chi connectivity index (χ1n) is 8.60. The van der Waals surface area contributed by atoms with Crippen LogP contribution in [0, 0.1) is 0 Å². The van der Waals surface area contributed by atoms with E-state index in [0.717, 1.165) is 12.8 Å². The van der Waals surface area contributed by atoms with E-state index in [0.29, 0.717) is 18.0 Å². The summed E-state index contributed by atoms with van der Waals surface area (Å²) in [6, 6.07) is 8.23. The molecular formula is C19H20ClN3O5. The van der Waals surface area contributed by atoms with E-state index in [-0.39, 0.29) is 16.3 Å². The van der Waals surface area contributed by atoms with Gasteiger partial charge in [0.05, 0.1) is 17.2 Å². The summed E-state index contributed by atoms with van der Waals surface area (Å²) in [7, 11) is 0. The van der Waals surface area contributed by atoms with Crippen molar-refractivity contribution in [3.05, 3.63) is 52.8 Å². The predicted octanol–water partition coefficient (Wildman–Crippen LogP) is 2.98. The van der Waals surface area contributed by atoms with Crippen LogP contribution in [-0.4, -0.2) is 41.0 Å². The van der Waals surface area contributed by atoms with Gasteiger partial charge in [0, 0.05) is 11.9 Å². The van der Waals surface area contributed by atoms with Crippen molar-refractivity contribution in [2.45, 2.75) is 19.8 Å². The van der Waals surface area contributed by atoms with Crippen molar-refractivity contribution in [1.82, 2.24) is 10.3 Å². The summed E-state index contributed by atoms with van der Waals surface area (Å²) in [5, 5.41) is 13.4. The van der Waals surface area contributed by atoms with Gasteiger partial charge in [0.1, 0.15) is 18.0 Å². The number of nitrogens with zero attached hydrogens (tertiary/aromatic N) is 1. The third kappa shape index (κ3) is 6.24. The van der Waals surface area contributed by atoms with E-state index in [2.05, 4.69) is 22.5 Å². The highest BCUT2D eigenvalue weighted by Crippen LogP contribution is 2.19. The average molecular weight is 406 g/mol. The van der Waals surface area contributed by atoms with Gasteiger partial charge in [-0.05, 0) is 36.8 Å². The molecule has 8 nitrogen and oxygen atoms in total. The van der Waals surface area contributed by atoms with Gasteiger partial charge in [-0.15, -0.1) is 0 Å². The minimum Gasteiger partial charge on any atom is -0.494 e. The third-order valence-electron chi connectivity index (χ3n) is 3.60. The average Bonchev–Trinajstić information content (AvgIpc) is 2.67. The van der Waals surface area contributed by atoms with Crippen molar-refractivity contribution in [3.63, 3.8) is 0 Å². The maximum Gasteiger partial charge on any atom is 0.322 e. The molecule has 0 unspecified atom stereocenters. The van der Waals surface area contributed by atoms with Crippen LogP contribution < -0.4 is 15.4 Å². The lowest BCUT2D eigenvalue weighted by molar-refractivity contribution is -0.135. The molecule has 1 aromatic heterocycles. The van der Waals surface area contributed by atoms with Crippen molar-refractivity contribution in [1.29, 1.82) is 0 Å². The summed E-state index contributed by atoms with van der Waals surface area (Å²) in [6.07, 6.45) is 3.21. The Morgan fingerprint density at radius 2 is 1.89 bits per heavy atom. The number of aromatic nitrogens is 1. The molecule has 0 radical (unpaired) electrons. The molecule has 0 spiro atoms. The topological polar surface area (TPSA) is 118 Å². The number of hydrogen-bond donors (Lipinski definition) is 3. The minimum absolute atomic E-state index is 0.0600. The van der Waals surface area contributed by atoms with E-state index in [1.54, 1.807) is 24.3 Å². The Balaban J connectivity index is 1.99. The molecule has 0 saturated carbocycles. The van der Waals surface area contributed by atoms with E-state index in [9.17, 15) is 14.4 Å². The third-order valence-corrected chi connectivity index (χ3v) is 3.89. The van der Waals surface area contributed by atoms with E-state index in [4.69, 9.17) is 21.4 Å². The van der Waals surface area contributed by atoms with Crippen LogP contribution in [0.2, 0.25) is 5.02 Å². The summed E-state index contributed by atoms with van der Waals surface area (Å²) < 4.78 is 5.56. The van der Waals surface area contributed by atoms with Crippen LogP contribution in [0.25, 0.3) is 0 Å². The number of unbranched alkanes of at least 4 members (excludes halogenated alkanes) is 1. The SMILES string of the molecule is CCCCOc1ccc(NC(=O)c2cnc(C(=O)NCC(=O)O)c(Cl)c2)cc1. The summed E-state index contributed by atoms with van der Waals surface area (Å²) in [5.74, 6) is -1.67. The van der Waals surface area contributed by atoms with Crippen molar-refractivity contribution >= 4 is 35.1 Å². The maximum atomic E-state index is 12.3. The number of anilines is 1. The van der Waals surface area contributed by atoms with Gasteiger partial charge in [0.15, 0.2) is 0 Å². The molecule has 1 aromatic carbocycles. The van der Waals surface area contributed by atoms with Gasteiger partial charge >= 0.3 is 5.97 Å². The number of halogens is 1. The Bertz CT molecular complexity index is 855. The summed E-state index contributed by atoms with van der Waals surface area (Å²) >= 11 is 6.00. The first-order valence-corrected chi connectivity index (χ1v) is 8.98. The minimum atomic E-state index is -1.19. The lowest BCUT2D eigenvalue weighted by Crippen LogP contribution is -2.30. The largest absolute Gasteiger partial charge is 0.494 e. The van der Waals surface area contributed by atoms with Crippen molar-refractivity contribution < 1.29 is 24.2 Å². The molecule has 0 saturated heterocycles. The van der Waals surface area contributed by atoms with Crippen molar-refractivity contribution in [3.8, 4) is 5.75 Å². The Labute approximate surface area is 166 Å². The van der Waals surface area contributed by atoms with Crippen molar-refractivity contribution in [2.75, 3.05) is 18.5 Å². The quantitative estimate of drug-likeness (QED) is 0.552. The fourth-order valence-corrected chi connectivity index (χ4v) is 2.39. The van der Waals surface area contributed by atoms with E-state index < -0.39 is 24.3 Å². The zero-order valence-corrected chi connectivity index (χ0v) is 16.0. The van der Waals surface area contributed by atoms with Gasteiger partial charge in [-0.3, -0.25) is 14.4 Å². The Kier molecular flexibility index (Phi) is 7.76. The van der Waals surface area contributed by atoms with Gasteiger partial charge in [-0.2, -0.15) is 0 Å². The van der Waals surface area contributed by atoms with Crippen LogP contribution in [0.5, 0.6) is 5.75 Å². The molecule has 0 atom stereocenters. The van der Waals surface area contributed by atoms with Gasteiger partial charge in [0.2, 0.25) is 0 Å². The molecule has 3 N–H and O–H groups in total. The number of carbonyl (C=O) groups excluding carboxylic acids is 2. The van der Waals surface area contributed by atoms with Crippen molar-refractivity contribution in [2.24, 2.45) is 0 Å². The Hall–Kier alpha value is -3.13. The van der Waals surface area contributed by atoms with Crippen LogP contribution >= 0.6 is 11.6 Å². The second kappa shape index (κ2) is 10.3. The molecule has 28 heavy (non-hydrogen) atoms. The smallest absolute Gasteiger partial charge is 0.322 e. The Morgan fingerprint density at radius 3 is 2.50 bits per heavy atom. The molecule has 0 aliphatic carbocycles. The number of carbonyl (C=O) groups is 3. The van der Waals surface area contributed by atoms with E-state index in [1.165, 1.54) is 12.3 Å². The van der Waals surface area contributed by atoms with E-state index >= 15 is 0 Å². The molecule has 2 aromatic rings. The maximum absolute atomic E-state index is 12.3. The number of carboxylic acids is 1. The van der Waals surface area contributed by atoms with Gasteiger partial charge < -0.3 is 20.5 Å². The number of rotatable bonds is 9. The second-order valence-corrected chi connectivity index (χ2v) is 6.22. The van der Waals surface area contributed by atoms with Crippen LogP contribution in [-0.2, 0) is 4.79 Å². The first-order chi connectivity index (χ1) is 13.4. The van der Waals surface area contributed by atoms with Crippen LogP contribution in [0.1, 0.15) is 40.6 Å². The predicted molar refractivity (Wildman–Crippen MR) is 104 cm³/mol. The zero-order chi connectivity index (χ0) is 20.5. The van der Waals surface area contributed by atoms with E-state index in [1.807, 2.05) is 0 Å². The second-order valence-electron chi connectivity index (χ2n) is 5.81. The number of amides is 2.